The normalized spacial score (nSPS) is 10.6. The molecule has 0 aliphatic rings. The van der Waals surface area contributed by atoms with E-state index < -0.39 is 0 Å². The van der Waals surface area contributed by atoms with E-state index >= 15 is 0 Å². The number of ether oxygens (including phenoxy) is 3. The van der Waals surface area contributed by atoms with Crippen LogP contribution in [0.3, 0.4) is 0 Å². The molecule has 9 heteroatoms. The van der Waals surface area contributed by atoms with E-state index in [1.807, 2.05) is 42.5 Å². The van der Waals surface area contributed by atoms with Crippen LogP contribution in [-0.4, -0.2) is 43.7 Å². The minimum absolute atomic E-state index is 0.0269. The highest BCUT2D eigenvalue weighted by Gasteiger charge is 2.13. The lowest BCUT2D eigenvalue weighted by atomic mass is 10.1. The van der Waals surface area contributed by atoms with Crippen molar-refractivity contribution < 1.29 is 19.0 Å². The van der Waals surface area contributed by atoms with Crippen LogP contribution in [0.25, 0.3) is 0 Å². The van der Waals surface area contributed by atoms with Gasteiger partial charge in [-0.3, -0.25) is 9.59 Å². The van der Waals surface area contributed by atoms with E-state index in [1.54, 1.807) is 28.3 Å². The predicted octanol–water partition coefficient (Wildman–Crippen LogP) is 3.30. The number of aromatic nitrogens is 2. The Labute approximate surface area is 203 Å². The topological polar surface area (TPSA) is 103 Å². The summed E-state index contributed by atoms with van der Waals surface area (Å²) in [5, 5.41) is 3.38. The lowest BCUT2D eigenvalue weighted by molar-refractivity contribution is -0.120. The average molecular weight is 484 g/mol. The monoisotopic (exact) mass is 483 g/mol. The van der Waals surface area contributed by atoms with Gasteiger partial charge in [-0.05, 0) is 48.7 Å². The van der Waals surface area contributed by atoms with Gasteiger partial charge in [-0.25, -0.2) is 4.98 Å². The number of methoxy groups -OCH3 is 3. The molecule has 8 nitrogen and oxygen atoms in total. The van der Waals surface area contributed by atoms with Crippen molar-refractivity contribution in [2.45, 2.75) is 30.7 Å². The molecular weight excluding hydrogens is 454 g/mol. The molecule has 0 saturated heterocycles. The first-order chi connectivity index (χ1) is 16.4. The fraction of sp³-hybridized carbons (Fsp3) is 0.320. The summed E-state index contributed by atoms with van der Waals surface area (Å²) in [5.41, 5.74) is 2.69. The van der Waals surface area contributed by atoms with Crippen molar-refractivity contribution in [1.82, 2.24) is 15.3 Å². The summed E-state index contributed by atoms with van der Waals surface area (Å²) < 4.78 is 15.8. The number of benzene rings is 2. The molecule has 180 valence electrons. The van der Waals surface area contributed by atoms with Gasteiger partial charge in [0.05, 0.1) is 27.8 Å². The molecule has 3 rings (SSSR count). The van der Waals surface area contributed by atoms with Crippen LogP contribution in [-0.2, 0) is 23.4 Å². The van der Waals surface area contributed by atoms with Crippen LogP contribution < -0.4 is 25.1 Å². The fourth-order valence-electron chi connectivity index (χ4n) is 3.38. The van der Waals surface area contributed by atoms with Crippen molar-refractivity contribution in [3.05, 3.63) is 75.2 Å². The van der Waals surface area contributed by atoms with Gasteiger partial charge in [0.1, 0.15) is 5.75 Å². The van der Waals surface area contributed by atoms with Gasteiger partial charge in [0.15, 0.2) is 16.7 Å². The van der Waals surface area contributed by atoms with Crippen molar-refractivity contribution in [3.63, 3.8) is 0 Å². The molecule has 0 aliphatic carbocycles. The second-order valence-electron chi connectivity index (χ2n) is 7.54. The van der Waals surface area contributed by atoms with Crippen LogP contribution in [0, 0.1) is 6.92 Å². The number of nitrogens with zero attached hydrogens (tertiary/aromatic N) is 1. The average Bonchev–Trinajstić information content (AvgIpc) is 2.85. The first-order valence-electron chi connectivity index (χ1n) is 10.8. The molecule has 2 aromatic carbocycles. The van der Waals surface area contributed by atoms with Crippen LogP contribution in [0.15, 0.2) is 52.4 Å². The molecule has 0 aliphatic heterocycles. The van der Waals surface area contributed by atoms with Crippen LogP contribution >= 0.6 is 11.8 Å². The van der Waals surface area contributed by atoms with Crippen molar-refractivity contribution in [2.24, 2.45) is 0 Å². The largest absolute Gasteiger partial charge is 0.497 e. The SMILES string of the molecule is COc1cccc(CSc2nc(C)c(CC(=O)NCCc3ccc(OC)c(OC)c3)c(=O)[nH]2)c1. The quantitative estimate of drug-likeness (QED) is 0.319. The van der Waals surface area contributed by atoms with E-state index in [-0.39, 0.29) is 17.9 Å². The van der Waals surface area contributed by atoms with Crippen LogP contribution in [0.1, 0.15) is 22.4 Å². The standard InChI is InChI=1S/C25H29N3O5S/c1-16-20(14-23(29)26-11-10-17-8-9-21(32-3)22(13-17)33-4)24(30)28-25(27-16)34-15-18-6-5-7-19(12-18)31-2/h5-9,12-13H,10-11,14-15H2,1-4H3,(H,26,29)(H,27,28,30). The molecule has 34 heavy (non-hydrogen) atoms. The van der Waals surface area contributed by atoms with E-state index in [9.17, 15) is 9.59 Å². The highest BCUT2D eigenvalue weighted by molar-refractivity contribution is 7.98. The Balaban J connectivity index is 1.54. The van der Waals surface area contributed by atoms with E-state index in [0.29, 0.717) is 46.6 Å². The van der Waals surface area contributed by atoms with Gasteiger partial charge in [0.2, 0.25) is 5.91 Å². The molecule has 0 atom stereocenters. The number of carbonyl (C=O) groups is 1. The van der Waals surface area contributed by atoms with Gasteiger partial charge in [0.25, 0.3) is 5.56 Å². The second-order valence-corrected chi connectivity index (χ2v) is 8.51. The Morgan fingerprint density at radius 3 is 2.53 bits per heavy atom. The first kappa shape index (κ1) is 25.2. The minimum atomic E-state index is -0.296. The number of rotatable bonds is 11. The maximum Gasteiger partial charge on any atom is 0.255 e. The number of carbonyl (C=O) groups excluding carboxylic acids is 1. The fourth-order valence-corrected chi connectivity index (χ4v) is 4.23. The summed E-state index contributed by atoms with van der Waals surface area (Å²) in [5.74, 6) is 2.48. The zero-order valence-electron chi connectivity index (χ0n) is 19.8. The summed E-state index contributed by atoms with van der Waals surface area (Å²) >= 11 is 1.42. The summed E-state index contributed by atoms with van der Waals surface area (Å²) in [6.07, 6.45) is 0.598. The third-order valence-corrected chi connectivity index (χ3v) is 6.18. The molecule has 1 heterocycles. The number of nitrogens with one attached hydrogen (secondary N) is 2. The predicted molar refractivity (Wildman–Crippen MR) is 132 cm³/mol. The lowest BCUT2D eigenvalue weighted by Gasteiger charge is -2.11. The van der Waals surface area contributed by atoms with Crippen molar-refractivity contribution in [1.29, 1.82) is 0 Å². The highest BCUT2D eigenvalue weighted by Crippen LogP contribution is 2.27. The molecule has 1 amide bonds. The molecule has 3 aromatic rings. The van der Waals surface area contributed by atoms with Gasteiger partial charge < -0.3 is 24.5 Å². The Hall–Kier alpha value is -3.46. The van der Waals surface area contributed by atoms with Crippen molar-refractivity contribution >= 4 is 17.7 Å². The third kappa shape index (κ3) is 6.77. The van der Waals surface area contributed by atoms with Gasteiger partial charge >= 0.3 is 0 Å². The lowest BCUT2D eigenvalue weighted by Crippen LogP contribution is -2.30. The molecule has 0 bridgehead atoms. The summed E-state index contributed by atoms with van der Waals surface area (Å²) in [4.78, 5) is 32.3. The van der Waals surface area contributed by atoms with Crippen LogP contribution in [0.5, 0.6) is 17.2 Å². The van der Waals surface area contributed by atoms with E-state index in [0.717, 1.165) is 16.9 Å². The van der Waals surface area contributed by atoms with E-state index in [4.69, 9.17) is 14.2 Å². The van der Waals surface area contributed by atoms with Gasteiger partial charge in [-0.1, -0.05) is 30.0 Å². The molecule has 0 saturated carbocycles. The molecule has 0 spiro atoms. The zero-order valence-corrected chi connectivity index (χ0v) is 20.6. The maximum atomic E-state index is 12.6. The minimum Gasteiger partial charge on any atom is -0.497 e. The Bertz CT molecular complexity index is 1200. The van der Waals surface area contributed by atoms with Gasteiger partial charge in [-0.15, -0.1) is 0 Å². The number of thioether (sulfide) groups is 1. The maximum absolute atomic E-state index is 12.6. The summed E-state index contributed by atoms with van der Waals surface area (Å²) in [6, 6.07) is 13.4. The third-order valence-electron chi connectivity index (χ3n) is 5.23. The van der Waals surface area contributed by atoms with Crippen molar-refractivity contribution in [2.75, 3.05) is 27.9 Å². The molecule has 0 fully saturated rings. The van der Waals surface area contributed by atoms with E-state index in [2.05, 4.69) is 15.3 Å². The number of amides is 1. The number of H-pyrrole nitrogens is 1. The van der Waals surface area contributed by atoms with Crippen LogP contribution in [0.4, 0.5) is 0 Å². The van der Waals surface area contributed by atoms with Gasteiger partial charge in [-0.2, -0.15) is 0 Å². The number of hydrogen-bond acceptors (Lipinski definition) is 7. The number of aromatic amines is 1. The van der Waals surface area contributed by atoms with E-state index in [1.165, 1.54) is 11.8 Å². The van der Waals surface area contributed by atoms with Gasteiger partial charge in [0, 0.05) is 23.6 Å². The first-order valence-corrected chi connectivity index (χ1v) is 11.7. The molecule has 2 N–H and O–H groups in total. The Morgan fingerprint density at radius 1 is 1.03 bits per heavy atom. The smallest absolute Gasteiger partial charge is 0.255 e. The summed E-state index contributed by atoms with van der Waals surface area (Å²) in [7, 11) is 4.79. The molecule has 0 radical (unpaired) electrons. The molecular formula is C25H29N3O5S. The Morgan fingerprint density at radius 2 is 1.82 bits per heavy atom. The second kappa shape index (κ2) is 12.1. The number of hydrogen-bond donors (Lipinski definition) is 2. The van der Waals surface area contributed by atoms with Crippen LogP contribution in [0.2, 0.25) is 0 Å². The van der Waals surface area contributed by atoms with Crippen molar-refractivity contribution in [3.8, 4) is 17.2 Å². The molecule has 0 unspecified atom stereocenters. The number of aryl methyl sites for hydroxylation is 1. The zero-order chi connectivity index (χ0) is 24.5. The highest BCUT2D eigenvalue weighted by atomic mass is 32.2. The molecule has 1 aromatic heterocycles. The summed E-state index contributed by atoms with van der Waals surface area (Å²) in [6.45, 7) is 2.18. The Kier molecular flexibility index (Phi) is 8.98.